The molecule has 0 radical (unpaired) electrons. The maximum atomic E-state index is 5.03. The summed E-state index contributed by atoms with van der Waals surface area (Å²) < 4.78 is 6.68. The van der Waals surface area contributed by atoms with Crippen LogP contribution in [0.1, 0.15) is 0 Å². The molecular weight excluding hydrogens is 140 g/mol. The molecule has 1 aromatic rings. The molecule has 0 saturated heterocycles. The first-order valence-corrected chi connectivity index (χ1v) is 3.08. The minimum absolute atomic E-state index is 0.233. The summed E-state index contributed by atoms with van der Waals surface area (Å²) in [5.74, 6) is 2.83. The van der Waals surface area contributed by atoms with Crippen molar-refractivity contribution in [1.29, 1.82) is 0 Å². The second-order valence-corrected chi connectivity index (χ2v) is 1.86. The molecule has 0 atom stereocenters. The predicted octanol–water partition coefficient (Wildman–Crippen LogP) is 0.961. The van der Waals surface area contributed by atoms with E-state index >= 15 is 0 Å². The van der Waals surface area contributed by atoms with Gasteiger partial charge in [0.25, 0.3) is 0 Å². The normalized spacial score (nSPS) is 8.64. The second kappa shape index (κ2) is 3.47. The van der Waals surface area contributed by atoms with E-state index in [0.29, 0.717) is 5.88 Å². The SMILES string of the molecule is C#CCOC(=C)n1ccnc1. The van der Waals surface area contributed by atoms with Crippen LogP contribution < -0.4 is 0 Å². The van der Waals surface area contributed by atoms with Crippen molar-refractivity contribution in [2.45, 2.75) is 0 Å². The van der Waals surface area contributed by atoms with E-state index < -0.39 is 0 Å². The predicted molar refractivity (Wildman–Crippen MR) is 42.3 cm³/mol. The third kappa shape index (κ3) is 1.87. The monoisotopic (exact) mass is 148 g/mol. The first-order chi connectivity index (χ1) is 5.34. The van der Waals surface area contributed by atoms with Crippen LogP contribution in [0.15, 0.2) is 25.3 Å². The number of hydrogen-bond acceptors (Lipinski definition) is 2. The lowest BCUT2D eigenvalue weighted by molar-refractivity contribution is 0.305. The summed E-state index contributed by atoms with van der Waals surface area (Å²) in [5.41, 5.74) is 0. The van der Waals surface area contributed by atoms with Gasteiger partial charge in [-0.1, -0.05) is 5.92 Å². The zero-order chi connectivity index (χ0) is 8.10. The summed E-state index contributed by atoms with van der Waals surface area (Å²) in [7, 11) is 0. The van der Waals surface area contributed by atoms with E-state index in [1.165, 1.54) is 0 Å². The van der Waals surface area contributed by atoms with Gasteiger partial charge in [-0.15, -0.1) is 6.42 Å². The van der Waals surface area contributed by atoms with Crippen LogP contribution in [0.4, 0.5) is 0 Å². The maximum Gasteiger partial charge on any atom is 0.192 e. The van der Waals surface area contributed by atoms with Crippen LogP contribution in [0, 0.1) is 12.3 Å². The van der Waals surface area contributed by atoms with Crippen LogP contribution >= 0.6 is 0 Å². The van der Waals surface area contributed by atoms with Gasteiger partial charge >= 0.3 is 0 Å². The maximum absolute atomic E-state index is 5.03. The molecule has 56 valence electrons. The number of terminal acetylenes is 1. The summed E-state index contributed by atoms with van der Waals surface area (Å²) in [6, 6.07) is 0. The summed E-state index contributed by atoms with van der Waals surface area (Å²) in [4.78, 5) is 3.82. The van der Waals surface area contributed by atoms with E-state index in [4.69, 9.17) is 11.2 Å². The topological polar surface area (TPSA) is 27.1 Å². The van der Waals surface area contributed by atoms with E-state index in [1.807, 2.05) is 0 Å². The highest BCUT2D eigenvalue weighted by atomic mass is 16.5. The Bertz CT molecular complexity index is 269. The molecule has 0 aliphatic heterocycles. The van der Waals surface area contributed by atoms with Crippen molar-refractivity contribution in [3.8, 4) is 12.3 Å². The standard InChI is InChI=1S/C8H8N2O/c1-3-6-11-8(2)10-5-4-9-7-10/h1,4-5,7H,2,6H2. The van der Waals surface area contributed by atoms with E-state index in [-0.39, 0.29) is 6.61 Å². The van der Waals surface area contributed by atoms with Crippen molar-refractivity contribution in [1.82, 2.24) is 9.55 Å². The minimum Gasteiger partial charge on any atom is -0.466 e. The average molecular weight is 148 g/mol. The van der Waals surface area contributed by atoms with Gasteiger partial charge in [0.2, 0.25) is 0 Å². The molecule has 1 heterocycles. The van der Waals surface area contributed by atoms with E-state index in [9.17, 15) is 0 Å². The summed E-state index contributed by atoms with van der Waals surface area (Å²) in [6.45, 7) is 3.87. The van der Waals surface area contributed by atoms with E-state index in [2.05, 4.69) is 17.5 Å². The Kier molecular flexibility index (Phi) is 2.34. The van der Waals surface area contributed by atoms with Gasteiger partial charge in [-0.05, 0) is 6.58 Å². The van der Waals surface area contributed by atoms with Crippen molar-refractivity contribution in [3.63, 3.8) is 0 Å². The molecule has 0 fully saturated rings. The smallest absolute Gasteiger partial charge is 0.192 e. The molecule has 0 amide bonds. The number of imidazole rings is 1. The molecule has 1 aromatic heterocycles. The third-order valence-electron chi connectivity index (χ3n) is 1.11. The second-order valence-electron chi connectivity index (χ2n) is 1.86. The Morgan fingerprint density at radius 2 is 2.64 bits per heavy atom. The lowest BCUT2D eigenvalue weighted by Crippen LogP contribution is -1.97. The van der Waals surface area contributed by atoms with E-state index in [0.717, 1.165) is 0 Å². The van der Waals surface area contributed by atoms with Gasteiger partial charge in [-0.3, -0.25) is 4.57 Å². The summed E-state index contributed by atoms with van der Waals surface area (Å²) in [6.07, 6.45) is 9.96. The van der Waals surface area contributed by atoms with Gasteiger partial charge < -0.3 is 4.74 Å². The fourth-order valence-electron chi connectivity index (χ4n) is 0.606. The Balaban J connectivity index is 2.51. The highest BCUT2D eigenvalue weighted by Gasteiger charge is 1.93. The molecule has 3 heteroatoms. The van der Waals surface area contributed by atoms with Gasteiger partial charge in [0.05, 0.1) is 0 Å². The molecule has 0 aliphatic rings. The quantitative estimate of drug-likeness (QED) is 0.471. The number of nitrogens with zero attached hydrogens (tertiary/aromatic N) is 2. The van der Waals surface area contributed by atoms with Crippen molar-refractivity contribution in [3.05, 3.63) is 25.3 Å². The summed E-state index contributed by atoms with van der Waals surface area (Å²) in [5, 5.41) is 0. The molecule has 0 aromatic carbocycles. The zero-order valence-corrected chi connectivity index (χ0v) is 6.03. The molecule has 0 saturated carbocycles. The number of rotatable bonds is 3. The van der Waals surface area contributed by atoms with Gasteiger partial charge in [-0.2, -0.15) is 0 Å². The molecular formula is C8H8N2O. The first kappa shape index (κ1) is 7.42. The molecule has 11 heavy (non-hydrogen) atoms. The van der Waals surface area contributed by atoms with E-state index in [1.54, 1.807) is 23.3 Å². The Hall–Kier alpha value is -1.69. The van der Waals surface area contributed by atoms with Crippen molar-refractivity contribution in [2.75, 3.05) is 6.61 Å². The van der Waals surface area contributed by atoms with Crippen LogP contribution in [-0.4, -0.2) is 16.2 Å². The summed E-state index contributed by atoms with van der Waals surface area (Å²) >= 11 is 0. The molecule has 1 rings (SSSR count). The molecule has 0 unspecified atom stereocenters. The average Bonchev–Trinajstić information content (AvgIpc) is 2.52. The number of hydrogen-bond donors (Lipinski definition) is 0. The first-order valence-electron chi connectivity index (χ1n) is 3.08. The Morgan fingerprint density at radius 3 is 3.18 bits per heavy atom. The van der Waals surface area contributed by atoms with Crippen LogP contribution in [0.5, 0.6) is 0 Å². The highest BCUT2D eigenvalue weighted by Crippen LogP contribution is 2.00. The third-order valence-corrected chi connectivity index (χ3v) is 1.11. The molecule has 3 nitrogen and oxygen atoms in total. The van der Waals surface area contributed by atoms with Crippen LogP contribution in [0.2, 0.25) is 0 Å². The lowest BCUT2D eigenvalue weighted by Gasteiger charge is -2.04. The van der Waals surface area contributed by atoms with Crippen molar-refractivity contribution >= 4 is 5.88 Å². The molecule has 0 spiro atoms. The largest absolute Gasteiger partial charge is 0.466 e. The molecule has 0 aliphatic carbocycles. The van der Waals surface area contributed by atoms with Gasteiger partial charge in [0.15, 0.2) is 5.88 Å². The fourth-order valence-corrected chi connectivity index (χ4v) is 0.606. The fraction of sp³-hybridized carbons (Fsp3) is 0.125. The Labute approximate surface area is 65.3 Å². The van der Waals surface area contributed by atoms with Gasteiger partial charge in [-0.25, -0.2) is 4.98 Å². The van der Waals surface area contributed by atoms with Crippen LogP contribution in [0.3, 0.4) is 0 Å². The van der Waals surface area contributed by atoms with Crippen LogP contribution in [0.25, 0.3) is 5.88 Å². The van der Waals surface area contributed by atoms with Crippen LogP contribution in [-0.2, 0) is 4.74 Å². The molecule has 0 N–H and O–H groups in total. The Morgan fingerprint density at radius 1 is 1.82 bits per heavy atom. The number of ether oxygens (including phenoxy) is 1. The zero-order valence-electron chi connectivity index (χ0n) is 6.03. The van der Waals surface area contributed by atoms with Gasteiger partial charge in [0.1, 0.15) is 12.9 Å². The number of aromatic nitrogens is 2. The highest BCUT2D eigenvalue weighted by molar-refractivity contribution is 5.31. The molecule has 0 bridgehead atoms. The minimum atomic E-state index is 0.233. The lowest BCUT2D eigenvalue weighted by atomic mass is 10.7. The van der Waals surface area contributed by atoms with Crippen molar-refractivity contribution < 1.29 is 4.74 Å². The van der Waals surface area contributed by atoms with Crippen molar-refractivity contribution in [2.24, 2.45) is 0 Å². The van der Waals surface area contributed by atoms with Gasteiger partial charge in [0, 0.05) is 12.4 Å².